The molecule has 0 aromatic heterocycles. The fourth-order valence-corrected chi connectivity index (χ4v) is 4.11. The Bertz CT molecular complexity index is 921. The Kier molecular flexibility index (Phi) is 3.48. The van der Waals surface area contributed by atoms with E-state index in [0.29, 0.717) is 19.7 Å². The second-order valence-corrected chi connectivity index (χ2v) is 7.17. The summed E-state index contributed by atoms with van der Waals surface area (Å²) in [4.78, 5) is 20.5. The highest BCUT2D eigenvalue weighted by Gasteiger charge is 2.44. The molecular weight excluding hydrogens is 328 g/mol. The number of hydrogen-bond donors (Lipinski definition) is 0. The third kappa shape index (κ3) is 2.38. The number of hydrogen-bond acceptors (Lipinski definition) is 4. The summed E-state index contributed by atoms with van der Waals surface area (Å²) in [6.45, 7) is 4.00. The molecule has 5 rings (SSSR count). The number of ether oxygens (including phenoxy) is 1. The Morgan fingerprint density at radius 1 is 1.19 bits per heavy atom. The van der Waals surface area contributed by atoms with E-state index in [4.69, 9.17) is 9.57 Å². The van der Waals surface area contributed by atoms with Gasteiger partial charge in [-0.1, -0.05) is 29.4 Å². The largest absolute Gasteiger partial charge is 0.493 e. The summed E-state index contributed by atoms with van der Waals surface area (Å²) < 4.78 is 5.53. The van der Waals surface area contributed by atoms with Crippen LogP contribution in [0.2, 0.25) is 0 Å². The Morgan fingerprint density at radius 3 is 2.96 bits per heavy atom. The van der Waals surface area contributed by atoms with E-state index in [9.17, 15) is 4.79 Å². The number of carbonyl (C=O) groups is 1. The van der Waals surface area contributed by atoms with Crippen molar-refractivity contribution in [1.29, 1.82) is 0 Å². The average Bonchev–Trinajstić information content (AvgIpc) is 3.36. The molecule has 0 saturated carbocycles. The Hall–Kier alpha value is -2.82. The molecule has 0 N–H and O–H groups in total. The van der Waals surface area contributed by atoms with Crippen LogP contribution in [-0.4, -0.2) is 42.3 Å². The van der Waals surface area contributed by atoms with Gasteiger partial charge in [-0.05, 0) is 36.2 Å². The molecule has 1 saturated heterocycles. The third-order valence-electron chi connectivity index (χ3n) is 5.55. The highest BCUT2D eigenvalue weighted by atomic mass is 16.6. The van der Waals surface area contributed by atoms with Crippen molar-refractivity contribution in [3.05, 3.63) is 64.7 Å². The van der Waals surface area contributed by atoms with E-state index >= 15 is 0 Å². The maximum absolute atomic E-state index is 13.0. The molecule has 0 aliphatic carbocycles. The van der Waals surface area contributed by atoms with Crippen LogP contribution in [0.15, 0.2) is 47.6 Å². The van der Waals surface area contributed by atoms with Gasteiger partial charge in [0.15, 0.2) is 6.10 Å². The summed E-state index contributed by atoms with van der Waals surface area (Å²) in [6, 6.07) is 13.9. The topological polar surface area (TPSA) is 51.1 Å². The Balaban J connectivity index is 1.37. The van der Waals surface area contributed by atoms with Crippen LogP contribution in [0.1, 0.15) is 27.0 Å². The number of carbonyl (C=O) groups excluding carboxylic acids is 1. The first-order valence-corrected chi connectivity index (χ1v) is 9.05. The molecule has 3 aliphatic rings. The van der Waals surface area contributed by atoms with Gasteiger partial charge in [0.25, 0.3) is 5.91 Å². The standard InChI is InChI=1S/C21H20N2O3/c1-13-4-2-3-5-16(13)20-17-11-23(12-19(17)26-22-20)21(24)15-6-7-18-14(10-15)8-9-25-18/h2-7,10,17,19H,8-9,11-12H2,1H3. The molecule has 0 radical (unpaired) electrons. The number of fused-ring (bicyclic) bond motifs is 2. The monoisotopic (exact) mass is 348 g/mol. The van der Waals surface area contributed by atoms with Crippen molar-refractivity contribution in [3.8, 4) is 5.75 Å². The van der Waals surface area contributed by atoms with Gasteiger partial charge in [-0.2, -0.15) is 0 Å². The lowest BCUT2D eigenvalue weighted by atomic mass is 9.92. The molecule has 2 atom stereocenters. The first-order valence-electron chi connectivity index (χ1n) is 9.05. The van der Waals surface area contributed by atoms with Gasteiger partial charge in [0.1, 0.15) is 5.75 Å². The van der Waals surface area contributed by atoms with E-state index in [2.05, 4.69) is 24.2 Å². The molecule has 3 aliphatic heterocycles. The molecule has 5 nitrogen and oxygen atoms in total. The van der Waals surface area contributed by atoms with Crippen molar-refractivity contribution in [1.82, 2.24) is 4.90 Å². The van der Waals surface area contributed by atoms with Crippen LogP contribution in [0.5, 0.6) is 5.75 Å². The molecule has 2 aromatic rings. The number of likely N-dealkylation sites (tertiary alicyclic amines) is 1. The molecule has 0 spiro atoms. The van der Waals surface area contributed by atoms with Crippen LogP contribution in [0.4, 0.5) is 0 Å². The van der Waals surface area contributed by atoms with E-state index in [-0.39, 0.29) is 17.9 Å². The smallest absolute Gasteiger partial charge is 0.254 e. The van der Waals surface area contributed by atoms with Crippen LogP contribution in [0, 0.1) is 12.8 Å². The van der Waals surface area contributed by atoms with Crippen LogP contribution >= 0.6 is 0 Å². The van der Waals surface area contributed by atoms with Crippen molar-refractivity contribution in [2.24, 2.45) is 11.1 Å². The summed E-state index contributed by atoms with van der Waals surface area (Å²) in [7, 11) is 0. The van der Waals surface area contributed by atoms with Crippen LogP contribution in [0.25, 0.3) is 0 Å². The third-order valence-corrected chi connectivity index (χ3v) is 5.55. The lowest BCUT2D eigenvalue weighted by Gasteiger charge is -2.17. The van der Waals surface area contributed by atoms with Crippen molar-refractivity contribution < 1.29 is 14.4 Å². The first-order chi connectivity index (χ1) is 12.7. The lowest BCUT2D eigenvalue weighted by molar-refractivity contribution is 0.0631. The fraction of sp³-hybridized carbons (Fsp3) is 0.333. The van der Waals surface area contributed by atoms with Gasteiger partial charge in [-0.15, -0.1) is 0 Å². The molecule has 5 heteroatoms. The number of rotatable bonds is 2. The van der Waals surface area contributed by atoms with Crippen molar-refractivity contribution in [2.75, 3.05) is 19.7 Å². The molecule has 0 bridgehead atoms. The molecule has 2 aromatic carbocycles. The van der Waals surface area contributed by atoms with E-state index in [1.807, 2.05) is 35.2 Å². The fourth-order valence-electron chi connectivity index (χ4n) is 4.11. The number of aryl methyl sites for hydroxylation is 1. The number of oxime groups is 1. The van der Waals surface area contributed by atoms with E-state index in [1.54, 1.807) is 0 Å². The predicted octanol–water partition coefficient (Wildman–Crippen LogP) is 2.81. The predicted molar refractivity (Wildman–Crippen MR) is 97.6 cm³/mol. The SMILES string of the molecule is Cc1ccccc1C1=NOC2CN(C(=O)c3ccc4c(c3)CCO4)CC12. The first kappa shape index (κ1) is 15.4. The van der Waals surface area contributed by atoms with Gasteiger partial charge < -0.3 is 14.5 Å². The maximum atomic E-state index is 13.0. The van der Waals surface area contributed by atoms with Gasteiger partial charge in [-0.3, -0.25) is 4.79 Å². The zero-order valence-corrected chi connectivity index (χ0v) is 14.6. The molecule has 1 fully saturated rings. The minimum Gasteiger partial charge on any atom is -0.493 e. The number of benzene rings is 2. The summed E-state index contributed by atoms with van der Waals surface area (Å²) in [5, 5.41) is 4.33. The molecule has 2 unspecified atom stereocenters. The summed E-state index contributed by atoms with van der Waals surface area (Å²) >= 11 is 0. The minimum atomic E-state index is -0.0497. The highest BCUT2D eigenvalue weighted by molar-refractivity contribution is 6.05. The molecule has 1 amide bonds. The Morgan fingerprint density at radius 2 is 2.08 bits per heavy atom. The van der Waals surface area contributed by atoms with Gasteiger partial charge in [0, 0.05) is 24.1 Å². The van der Waals surface area contributed by atoms with Gasteiger partial charge >= 0.3 is 0 Å². The van der Waals surface area contributed by atoms with E-state index < -0.39 is 0 Å². The van der Waals surface area contributed by atoms with Gasteiger partial charge in [-0.25, -0.2) is 0 Å². The summed E-state index contributed by atoms with van der Waals surface area (Å²) in [5.74, 6) is 1.09. The van der Waals surface area contributed by atoms with Gasteiger partial charge in [0.2, 0.25) is 0 Å². The maximum Gasteiger partial charge on any atom is 0.254 e. The van der Waals surface area contributed by atoms with Crippen LogP contribution < -0.4 is 4.74 Å². The number of nitrogens with zero attached hydrogens (tertiary/aromatic N) is 2. The van der Waals surface area contributed by atoms with Crippen molar-refractivity contribution in [2.45, 2.75) is 19.4 Å². The molecular formula is C21H20N2O3. The second-order valence-electron chi connectivity index (χ2n) is 7.17. The molecule has 3 heterocycles. The van der Waals surface area contributed by atoms with E-state index in [0.717, 1.165) is 34.6 Å². The average molecular weight is 348 g/mol. The minimum absolute atomic E-state index is 0.0497. The highest BCUT2D eigenvalue weighted by Crippen LogP contribution is 2.33. The lowest BCUT2D eigenvalue weighted by Crippen LogP contribution is -2.30. The summed E-state index contributed by atoms with van der Waals surface area (Å²) in [5.41, 5.74) is 5.10. The molecule has 132 valence electrons. The Labute approximate surface area is 152 Å². The van der Waals surface area contributed by atoms with Crippen LogP contribution in [0.3, 0.4) is 0 Å². The molecule has 26 heavy (non-hydrogen) atoms. The zero-order chi connectivity index (χ0) is 17.7. The normalized spacial score (nSPS) is 23.1. The van der Waals surface area contributed by atoms with Crippen molar-refractivity contribution >= 4 is 11.6 Å². The second kappa shape index (κ2) is 5.87. The zero-order valence-electron chi connectivity index (χ0n) is 14.6. The van der Waals surface area contributed by atoms with Crippen LogP contribution in [-0.2, 0) is 11.3 Å². The van der Waals surface area contributed by atoms with E-state index in [1.165, 1.54) is 5.56 Å². The van der Waals surface area contributed by atoms with Gasteiger partial charge in [0.05, 0.1) is 24.8 Å². The summed E-state index contributed by atoms with van der Waals surface area (Å²) in [6.07, 6.45) is 0.820. The van der Waals surface area contributed by atoms with Crippen molar-refractivity contribution in [3.63, 3.8) is 0 Å². The quantitative estimate of drug-likeness (QED) is 0.839. The number of amides is 1.